The molecule has 1 aromatic heterocycles. The molecule has 94 valence electrons. The molecule has 0 bridgehead atoms. The first-order valence-corrected chi connectivity index (χ1v) is 7.91. The normalized spacial score (nSPS) is 16.5. The topological polar surface area (TPSA) is 12.9 Å². The quantitative estimate of drug-likeness (QED) is 0.727. The zero-order valence-electron chi connectivity index (χ0n) is 10.2. The predicted molar refractivity (Wildman–Crippen MR) is 80.3 cm³/mol. The molecule has 1 fully saturated rings. The summed E-state index contributed by atoms with van der Waals surface area (Å²) in [5.41, 5.74) is 2.16. The minimum absolute atomic E-state index is 0.666. The summed E-state index contributed by atoms with van der Waals surface area (Å²) in [5.74, 6) is 0.987. The van der Waals surface area contributed by atoms with Crippen LogP contribution in [0.25, 0.3) is 10.9 Å². The van der Waals surface area contributed by atoms with Gasteiger partial charge < -0.3 is 0 Å². The molecule has 0 saturated heterocycles. The molecule has 1 aliphatic rings. The summed E-state index contributed by atoms with van der Waals surface area (Å²) < 4.78 is 0. The van der Waals surface area contributed by atoms with E-state index in [9.17, 15) is 0 Å². The molecule has 1 aliphatic carbocycles. The number of nitrogens with zero attached hydrogens (tertiary/aromatic N) is 1. The number of pyridine rings is 1. The van der Waals surface area contributed by atoms with Crippen LogP contribution < -0.4 is 0 Å². The van der Waals surface area contributed by atoms with Crippen molar-refractivity contribution in [3.05, 3.63) is 41.0 Å². The molecule has 18 heavy (non-hydrogen) atoms. The van der Waals surface area contributed by atoms with Gasteiger partial charge in [-0.1, -0.05) is 42.6 Å². The molecule has 0 atom stereocenters. The average molecular weight is 278 g/mol. The first kappa shape index (κ1) is 12.3. The van der Waals surface area contributed by atoms with Gasteiger partial charge in [-0.05, 0) is 25.0 Å². The van der Waals surface area contributed by atoms with Crippen molar-refractivity contribution in [2.45, 2.75) is 36.7 Å². The number of halogens is 1. The minimum Gasteiger partial charge on any atom is -0.236 e. The highest BCUT2D eigenvalue weighted by atomic mass is 35.5. The van der Waals surface area contributed by atoms with Crippen molar-refractivity contribution >= 4 is 34.3 Å². The maximum absolute atomic E-state index is 6.26. The van der Waals surface area contributed by atoms with Gasteiger partial charge in [-0.15, -0.1) is 0 Å². The fourth-order valence-corrected chi connectivity index (χ4v) is 4.09. The first-order chi connectivity index (χ1) is 8.83. The van der Waals surface area contributed by atoms with Crippen molar-refractivity contribution in [2.24, 2.45) is 0 Å². The third-order valence-electron chi connectivity index (χ3n) is 3.53. The smallest absolute Gasteiger partial charge is 0.133 e. The molecule has 2 aromatic rings. The van der Waals surface area contributed by atoms with Crippen LogP contribution in [0.3, 0.4) is 0 Å². The molecule has 1 heterocycles. The molecule has 0 amide bonds. The molecular formula is C15H16ClNS. The molecule has 0 unspecified atom stereocenters. The van der Waals surface area contributed by atoms with Crippen LogP contribution in [-0.4, -0.2) is 10.2 Å². The molecule has 3 rings (SSSR count). The second-order valence-electron chi connectivity index (χ2n) is 4.85. The summed E-state index contributed by atoms with van der Waals surface area (Å²) >= 11 is 8.30. The second kappa shape index (κ2) is 5.50. The molecule has 0 N–H and O–H groups in total. The molecule has 1 nitrogen and oxygen atoms in total. The molecule has 3 heteroatoms. The molecule has 0 aliphatic heterocycles. The summed E-state index contributed by atoms with van der Waals surface area (Å²) in [6, 6.07) is 10.3. The minimum atomic E-state index is 0.666. The summed E-state index contributed by atoms with van der Waals surface area (Å²) in [7, 11) is 0. The molecular weight excluding hydrogens is 262 g/mol. The van der Waals surface area contributed by atoms with Crippen molar-refractivity contribution in [1.82, 2.24) is 4.98 Å². The van der Waals surface area contributed by atoms with Gasteiger partial charge in [-0.2, -0.15) is 11.8 Å². The predicted octanol–water partition coefficient (Wildman–Crippen LogP) is 5.06. The number of benzene rings is 1. The third kappa shape index (κ3) is 2.65. The Balaban J connectivity index is 1.80. The lowest BCUT2D eigenvalue weighted by atomic mass is 10.2. The van der Waals surface area contributed by atoms with Gasteiger partial charge in [0, 0.05) is 22.0 Å². The highest BCUT2D eigenvalue weighted by molar-refractivity contribution is 7.99. The lowest BCUT2D eigenvalue weighted by Gasteiger charge is -2.10. The van der Waals surface area contributed by atoms with E-state index in [1.807, 2.05) is 30.0 Å². The number of hydrogen-bond acceptors (Lipinski definition) is 2. The number of rotatable bonds is 3. The Labute approximate surface area is 117 Å². The Hall–Kier alpha value is -0.730. The average Bonchev–Trinajstić information content (AvgIpc) is 2.89. The fourth-order valence-electron chi connectivity index (χ4n) is 2.50. The monoisotopic (exact) mass is 277 g/mol. The van der Waals surface area contributed by atoms with E-state index in [0.717, 1.165) is 16.5 Å². The third-order valence-corrected chi connectivity index (χ3v) is 5.27. The number of hydrogen-bond donors (Lipinski definition) is 0. The van der Waals surface area contributed by atoms with Gasteiger partial charge >= 0.3 is 0 Å². The van der Waals surface area contributed by atoms with Crippen molar-refractivity contribution < 1.29 is 0 Å². The maximum Gasteiger partial charge on any atom is 0.133 e. The Morgan fingerprint density at radius 3 is 2.83 bits per heavy atom. The van der Waals surface area contributed by atoms with Crippen molar-refractivity contribution in [3.63, 3.8) is 0 Å². The van der Waals surface area contributed by atoms with Crippen LogP contribution in [0.5, 0.6) is 0 Å². The summed E-state index contributed by atoms with van der Waals surface area (Å²) in [6.07, 6.45) is 5.51. The van der Waals surface area contributed by atoms with Crippen LogP contribution >= 0.6 is 23.4 Å². The second-order valence-corrected chi connectivity index (χ2v) is 6.50. The molecule has 1 saturated carbocycles. The Kier molecular flexibility index (Phi) is 3.76. The van der Waals surface area contributed by atoms with Gasteiger partial charge in [0.15, 0.2) is 0 Å². The lowest BCUT2D eigenvalue weighted by Crippen LogP contribution is -1.96. The van der Waals surface area contributed by atoms with Gasteiger partial charge in [0.2, 0.25) is 0 Å². The lowest BCUT2D eigenvalue weighted by molar-refractivity contribution is 0.886. The van der Waals surface area contributed by atoms with Crippen LogP contribution in [0.4, 0.5) is 0 Å². The standard InChI is InChI=1S/C15H16ClNS/c16-15-12(10-18-13-6-2-3-7-13)9-11-5-1-4-8-14(11)17-15/h1,4-5,8-9,13H,2-3,6-7,10H2. The Morgan fingerprint density at radius 1 is 1.22 bits per heavy atom. The number of aromatic nitrogens is 1. The maximum atomic E-state index is 6.26. The van der Waals surface area contributed by atoms with E-state index in [0.29, 0.717) is 5.15 Å². The van der Waals surface area contributed by atoms with Crippen LogP contribution in [0.1, 0.15) is 31.2 Å². The largest absolute Gasteiger partial charge is 0.236 e. The van der Waals surface area contributed by atoms with E-state index in [-0.39, 0.29) is 0 Å². The summed E-state index contributed by atoms with van der Waals surface area (Å²) in [4.78, 5) is 4.47. The SMILES string of the molecule is Clc1nc2ccccc2cc1CSC1CCCC1. The van der Waals surface area contributed by atoms with Gasteiger partial charge in [0.25, 0.3) is 0 Å². The van der Waals surface area contributed by atoms with E-state index >= 15 is 0 Å². The van der Waals surface area contributed by atoms with Crippen LogP contribution in [-0.2, 0) is 5.75 Å². The number of thioether (sulfide) groups is 1. The van der Waals surface area contributed by atoms with E-state index in [2.05, 4.69) is 17.1 Å². The molecule has 0 spiro atoms. The van der Waals surface area contributed by atoms with Crippen molar-refractivity contribution in [3.8, 4) is 0 Å². The van der Waals surface area contributed by atoms with Gasteiger partial charge in [0.1, 0.15) is 5.15 Å². The van der Waals surface area contributed by atoms with Crippen molar-refractivity contribution in [2.75, 3.05) is 0 Å². The Morgan fingerprint density at radius 2 is 2.00 bits per heavy atom. The number of para-hydroxylation sites is 1. The van der Waals surface area contributed by atoms with Crippen LogP contribution in [0.15, 0.2) is 30.3 Å². The van der Waals surface area contributed by atoms with Crippen LogP contribution in [0, 0.1) is 0 Å². The summed E-state index contributed by atoms with van der Waals surface area (Å²) in [5, 5.41) is 2.68. The van der Waals surface area contributed by atoms with Gasteiger partial charge in [-0.3, -0.25) is 0 Å². The molecule has 0 radical (unpaired) electrons. The highest BCUT2D eigenvalue weighted by Gasteiger charge is 2.16. The van der Waals surface area contributed by atoms with Gasteiger partial charge in [0.05, 0.1) is 5.52 Å². The van der Waals surface area contributed by atoms with Crippen molar-refractivity contribution in [1.29, 1.82) is 0 Å². The van der Waals surface area contributed by atoms with E-state index in [1.54, 1.807) is 0 Å². The highest BCUT2D eigenvalue weighted by Crippen LogP contribution is 2.33. The fraction of sp³-hybridized carbons (Fsp3) is 0.400. The number of fused-ring (bicyclic) bond motifs is 1. The Bertz CT molecular complexity index is 549. The van der Waals surface area contributed by atoms with Crippen LogP contribution in [0.2, 0.25) is 5.15 Å². The van der Waals surface area contributed by atoms with E-state index in [4.69, 9.17) is 11.6 Å². The first-order valence-electron chi connectivity index (χ1n) is 6.49. The summed E-state index contributed by atoms with van der Waals surface area (Å²) in [6.45, 7) is 0. The molecule has 1 aromatic carbocycles. The zero-order chi connectivity index (χ0) is 12.4. The zero-order valence-corrected chi connectivity index (χ0v) is 11.8. The van der Waals surface area contributed by atoms with Gasteiger partial charge in [-0.25, -0.2) is 4.98 Å². The van der Waals surface area contributed by atoms with E-state index < -0.39 is 0 Å². The van der Waals surface area contributed by atoms with E-state index in [1.165, 1.54) is 36.6 Å².